The van der Waals surface area contributed by atoms with Crippen LogP contribution in [0.2, 0.25) is 0 Å². The van der Waals surface area contributed by atoms with Crippen molar-refractivity contribution in [1.82, 2.24) is 103 Å². The number of aromatic nitrogens is 21. The highest BCUT2D eigenvalue weighted by molar-refractivity contribution is 6.28. The molecule has 636 valence electrons. The molecular weight excluding hydrogens is 1640 g/mol. The van der Waals surface area contributed by atoms with Crippen LogP contribution in [0.3, 0.4) is 0 Å². The fourth-order valence-corrected chi connectivity index (χ4v) is 20.6. The molecule has 0 spiro atoms. The van der Waals surface area contributed by atoms with Crippen LogP contribution in [0.5, 0.6) is 0 Å². The summed E-state index contributed by atoms with van der Waals surface area (Å²) in [6.07, 6.45) is 25.7. The zero-order chi connectivity index (χ0) is 89.1. The molecule has 0 bridgehead atoms. The number of fused-ring (bicyclic) bond motifs is 37. The van der Waals surface area contributed by atoms with E-state index < -0.39 is 0 Å². The standard InChI is InChI=1S/3C36H27N7O/c1-18(2)20-9-7-10-21-23-16-25-28(22-8-5-6-11-24(22)44-25)27(19(3)4)36(23)43(35(20)21)26-17-41-33-31-29(37-12-13-39-31)30-32(34(33)42-26)40-15-14-38-30;1-18(2)20-9-7-10-22-23-16-24-21-8-5-6-11-25(21)44-36(24)27(19(3)4)35(23)43(34(20)22)26-17-41-32-30-28(37-12-13-39-30)29-31(33(32)42-26)40-15-14-38-29;1-18(2)20-9-7-10-22-27-35(23(19(3)4)16-24-21-8-5-6-11-25(21)44-36(24)27)43(34(20)22)26-17-41-32-30-28(37-12-13-39-30)29-31(33(32)42-26)40-15-14-38-29/h3*5-19H,1-4H3. The third-order valence-electron chi connectivity index (χ3n) is 26.2. The highest BCUT2D eigenvalue weighted by Gasteiger charge is 2.33. The van der Waals surface area contributed by atoms with Crippen molar-refractivity contribution in [3.63, 3.8) is 0 Å². The van der Waals surface area contributed by atoms with Gasteiger partial charge in [0.1, 0.15) is 133 Å². The molecule has 15 heterocycles. The summed E-state index contributed by atoms with van der Waals surface area (Å²) in [6, 6.07) is 51.4. The van der Waals surface area contributed by atoms with Gasteiger partial charge in [-0.25, -0.2) is 29.9 Å². The molecule has 0 atom stereocenters. The quantitative estimate of drug-likeness (QED) is 0.121. The van der Waals surface area contributed by atoms with Crippen LogP contribution in [0.25, 0.3) is 248 Å². The molecule has 15 aromatic heterocycles. The molecular formula is C108H81N21O3. The second kappa shape index (κ2) is 29.5. The fourth-order valence-electron chi connectivity index (χ4n) is 20.6. The Morgan fingerprint density at radius 2 is 0.508 bits per heavy atom. The first-order chi connectivity index (χ1) is 64.5. The Morgan fingerprint density at radius 1 is 0.205 bits per heavy atom. The maximum Gasteiger partial charge on any atom is 0.157 e. The molecule has 24 heteroatoms. The van der Waals surface area contributed by atoms with Crippen LogP contribution in [-0.2, 0) is 0 Å². The molecule has 24 nitrogen and oxygen atoms in total. The van der Waals surface area contributed by atoms with Crippen LogP contribution in [0.4, 0.5) is 0 Å². The zero-order valence-corrected chi connectivity index (χ0v) is 74.1. The molecule has 0 saturated carbocycles. The third kappa shape index (κ3) is 11.4. The van der Waals surface area contributed by atoms with Gasteiger partial charge in [0.05, 0.1) is 57.1 Å². The van der Waals surface area contributed by atoms with Gasteiger partial charge in [0, 0.05) is 139 Å². The minimum atomic E-state index is 0.173. The minimum absolute atomic E-state index is 0.173. The summed E-state index contributed by atoms with van der Waals surface area (Å²) in [5.74, 6) is 3.58. The summed E-state index contributed by atoms with van der Waals surface area (Å²) in [4.78, 5) is 86.6. The van der Waals surface area contributed by atoms with Crippen molar-refractivity contribution in [1.29, 1.82) is 0 Å². The van der Waals surface area contributed by atoms with Gasteiger partial charge in [0.25, 0.3) is 0 Å². The van der Waals surface area contributed by atoms with Gasteiger partial charge in [0.2, 0.25) is 0 Å². The molecule has 132 heavy (non-hydrogen) atoms. The maximum atomic E-state index is 6.65. The molecule has 0 fully saturated rings. The van der Waals surface area contributed by atoms with Crippen molar-refractivity contribution >= 4 is 231 Å². The monoisotopic (exact) mass is 1720 g/mol. The number of benzene rings is 12. The van der Waals surface area contributed by atoms with Gasteiger partial charge < -0.3 is 13.3 Å². The molecule has 0 unspecified atom stereocenters. The number of para-hydroxylation sites is 6. The summed E-state index contributed by atoms with van der Waals surface area (Å²) in [5, 5.41) is 13.6. The Hall–Kier alpha value is -16.5. The lowest BCUT2D eigenvalue weighted by Crippen LogP contribution is -2.05. The molecule has 0 aliphatic carbocycles. The van der Waals surface area contributed by atoms with Crippen LogP contribution in [0, 0.1) is 0 Å². The molecule has 27 aromatic rings. The molecule has 27 rings (SSSR count). The van der Waals surface area contributed by atoms with Gasteiger partial charge >= 0.3 is 0 Å². The summed E-state index contributed by atoms with van der Waals surface area (Å²) in [5.41, 5.74) is 31.1. The van der Waals surface area contributed by atoms with E-state index in [1.807, 2.05) is 55.0 Å². The number of rotatable bonds is 9. The first kappa shape index (κ1) is 77.8. The van der Waals surface area contributed by atoms with E-state index in [0.29, 0.717) is 111 Å². The van der Waals surface area contributed by atoms with Gasteiger partial charge in [-0.3, -0.25) is 73.5 Å². The van der Waals surface area contributed by atoms with E-state index in [9.17, 15) is 0 Å². The Kier molecular flexibility index (Phi) is 17.4. The van der Waals surface area contributed by atoms with E-state index in [2.05, 4.69) is 251 Å². The van der Waals surface area contributed by atoms with Crippen molar-refractivity contribution in [3.8, 4) is 17.5 Å². The van der Waals surface area contributed by atoms with Crippen molar-refractivity contribution < 1.29 is 13.3 Å². The van der Waals surface area contributed by atoms with E-state index in [1.165, 1.54) is 38.6 Å². The summed E-state index contributed by atoms with van der Waals surface area (Å²) in [7, 11) is 0. The van der Waals surface area contributed by atoms with Crippen molar-refractivity contribution in [3.05, 3.63) is 272 Å². The fraction of sp³-hybridized carbons (Fsp3) is 0.167. The van der Waals surface area contributed by atoms with E-state index in [0.717, 1.165) is 132 Å². The van der Waals surface area contributed by atoms with Gasteiger partial charge in [0.15, 0.2) is 17.5 Å². The van der Waals surface area contributed by atoms with Crippen molar-refractivity contribution in [2.45, 2.75) is 119 Å². The normalized spacial score (nSPS) is 12.5. The Bertz CT molecular complexity index is 9340. The number of furan rings is 3. The minimum Gasteiger partial charge on any atom is -0.456 e. The molecule has 0 saturated heterocycles. The van der Waals surface area contributed by atoms with Crippen LogP contribution < -0.4 is 0 Å². The van der Waals surface area contributed by atoms with Gasteiger partial charge in [-0.1, -0.05) is 192 Å². The van der Waals surface area contributed by atoms with Crippen molar-refractivity contribution in [2.75, 3.05) is 0 Å². The first-order valence-corrected chi connectivity index (χ1v) is 44.8. The lowest BCUT2D eigenvalue weighted by atomic mass is 9.94. The predicted octanol–water partition coefficient (Wildman–Crippen LogP) is 26.3. The van der Waals surface area contributed by atoms with Crippen LogP contribution in [0.15, 0.2) is 252 Å². The summed E-state index contributed by atoms with van der Waals surface area (Å²) in [6.45, 7) is 26.9. The average Bonchev–Trinajstić information content (AvgIpc) is 1.54. The molecule has 0 radical (unpaired) electrons. The molecule has 0 amide bonds. The summed E-state index contributed by atoms with van der Waals surface area (Å²) >= 11 is 0. The smallest absolute Gasteiger partial charge is 0.157 e. The van der Waals surface area contributed by atoms with Crippen LogP contribution in [0.1, 0.15) is 152 Å². The molecule has 0 aliphatic rings. The second-order valence-electron chi connectivity index (χ2n) is 35.9. The average molecular weight is 1720 g/mol. The molecule has 12 aromatic carbocycles. The highest BCUT2D eigenvalue weighted by Crippen LogP contribution is 2.51. The molecule has 0 N–H and O–H groups in total. The highest BCUT2D eigenvalue weighted by atomic mass is 16.3. The topological polar surface area (TPSA) is 286 Å². The lowest BCUT2D eigenvalue weighted by molar-refractivity contribution is 0.658. The Labute approximate surface area is 750 Å². The van der Waals surface area contributed by atoms with E-state index in [-0.39, 0.29) is 35.5 Å². The first-order valence-electron chi connectivity index (χ1n) is 44.8. The predicted molar refractivity (Wildman–Crippen MR) is 527 cm³/mol. The molecule has 0 aliphatic heterocycles. The summed E-state index contributed by atoms with van der Waals surface area (Å²) < 4.78 is 26.6. The van der Waals surface area contributed by atoms with Crippen molar-refractivity contribution in [2.24, 2.45) is 0 Å². The Morgan fingerprint density at radius 3 is 0.894 bits per heavy atom. The maximum absolute atomic E-state index is 6.65. The second-order valence-corrected chi connectivity index (χ2v) is 35.9. The van der Waals surface area contributed by atoms with Gasteiger partial charge in [-0.2, -0.15) is 0 Å². The van der Waals surface area contributed by atoms with E-state index in [4.69, 9.17) is 58.1 Å². The van der Waals surface area contributed by atoms with E-state index in [1.54, 1.807) is 74.4 Å². The number of hydrogen-bond donors (Lipinski definition) is 0. The SMILES string of the molecule is CC(C)c1cccc2c3c4oc5ccccc5c4cc(C(C)C)c3n(-c3cnc4c5nccnc5c5nccnc5c4n3)c12.CC(C)c1cccc2c3cc4c(oc5ccccc54)c(C(C)C)c3n(-c3cnc4c5nccnc5c5nccnc5c4n3)c12.CC(C)c1cccc2c3cc4oc5ccccc5c4c(C(C)C)c3n(-c3cnc4c5nccnc5c5nccnc5c4n3)c12. The van der Waals surface area contributed by atoms with E-state index >= 15 is 0 Å². The number of nitrogens with zero attached hydrogens (tertiary/aromatic N) is 21. The largest absolute Gasteiger partial charge is 0.456 e. The number of hydrogen-bond acceptors (Lipinski definition) is 21. The van der Waals surface area contributed by atoms with Gasteiger partial charge in [-0.05, 0) is 99.7 Å². The van der Waals surface area contributed by atoms with Gasteiger partial charge in [-0.15, -0.1) is 0 Å². The third-order valence-corrected chi connectivity index (χ3v) is 26.2. The lowest BCUT2D eigenvalue weighted by Gasteiger charge is -2.16. The zero-order valence-electron chi connectivity index (χ0n) is 74.1. The van der Waals surface area contributed by atoms with Crippen LogP contribution in [-0.4, -0.2) is 103 Å². The van der Waals surface area contributed by atoms with Crippen LogP contribution >= 0.6 is 0 Å². The Balaban J connectivity index is 0.000000106.